The van der Waals surface area contributed by atoms with Gasteiger partial charge in [0.2, 0.25) is 0 Å². The smallest absolute Gasteiger partial charge is 0.460 e. The van der Waals surface area contributed by atoms with Crippen molar-refractivity contribution in [3.05, 3.63) is 12.2 Å². The van der Waals surface area contributed by atoms with Crippen LogP contribution in [0.2, 0.25) is 0 Å². The van der Waals surface area contributed by atoms with Gasteiger partial charge >= 0.3 is 41.8 Å². The van der Waals surface area contributed by atoms with Gasteiger partial charge in [-0.15, -0.1) is 0 Å². The van der Waals surface area contributed by atoms with Crippen molar-refractivity contribution < 1.29 is 67.0 Å². The van der Waals surface area contributed by atoms with Crippen molar-refractivity contribution in [2.45, 2.75) is 35.8 Å². The van der Waals surface area contributed by atoms with Crippen LogP contribution < -0.4 is 0 Å². The molecule has 2 nitrogen and oxygen atoms in total. The average Bonchev–Trinajstić information content (AvgIpc) is 2.33. The second kappa shape index (κ2) is 5.40. The predicted molar refractivity (Wildman–Crippen MR) is 47.6 cm³/mol. The van der Waals surface area contributed by atoms with E-state index in [2.05, 4.69) is 0 Å². The molecule has 0 bridgehead atoms. The molecule has 1 atom stereocenters. The molecule has 15 heteroatoms. The van der Waals surface area contributed by atoms with Crippen molar-refractivity contribution in [1.82, 2.24) is 0 Å². The molecular weight excluding hydrogens is 387 g/mol. The molecule has 0 aliphatic heterocycles. The van der Waals surface area contributed by atoms with Crippen LogP contribution in [0.15, 0.2) is 12.2 Å². The highest BCUT2D eigenvalue weighted by molar-refractivity contribution is 5.89. The number of hydrogen-bond acceptors (Lipinski definition) is 1. The SMILES string of the molecule is C=C(C(=O)O)C(F)(C(F)(F)F)C(F)(F)C(F)(F)C(F)(F)C(F)(F)F. The highest BCUT2D eigenvalue weighted by atomic mass is 19.4. The second-order valence-electron chi connectivity index (χ2n) is 4.16. The molecule has 0 spiro atoms. The predicted octanol–water partition coefficient (Wildman–Crippen LogP) is 4.37. The summed E-state index contributed by atoms with van der Waals surface area (Å²) in [6, 6.07) is 0. The molecule has 0 saturated heterocycles. The summed E-state index contributed by atoms with van der Waals surface area (Å²) >= 11 is 0. The van der Waals surface area contributed by atoms with Crippen molar-refractivity contribution >= 4 is 5.97 Å². The van der Waals surface area contributed by atoms with Crippen LogP contribution in [0.25, 0.3) is 0 Å². The third kappa shape index (κ3) is 2.66. The summed E-state index contributed by atoms with van der Waals surface area (Å²) in [7, 11) is 0. The van der Waals surface area contributed by atoms with Crippen LogP contribution in [0.5, 0.6) is 0 Å². The van der Waals surface area contributed by atoms with E-state index in [0.29, 0.717) is 0 Å². The average molecular weight is 390 g/mol. The molecule has 0 aromatic rings. The summed E-state index contributed by atoms with van der Waals surface area (Å²) in [4.78, 5) is 10.2. The molecule has 0 rings (SSSR count). The number of carboxylic acids is 1. The van der Waals surface area contributed by atoms with E-state index in [1.165, 1.54) is 0 Å². The maximum atomic E-state index is 13.6. The summed E-state index contributed by atoms with van der Waals surface area (Å²) < 4.78 is 164. The van der Waals surface area contributed by atoms with Crippen LogP contribution in [0, 0.1) is 0 Å². The quantitative estimate of drug-likeness (QED) is 0.560. The molecule has 0 radical (unpaired) electrons. The van der Waals surface area contributed by atoms with Gasteiger partial charge in [-0.1, -0.05) is 6.58 Å². The topological polar surface area (TPSA) is 37.3 Å². The lowest BCUT2D eigenvalue weighted by Crippen LogP contribution is -2.71. The van der Waals surface area contributed by atoms with Crippen molar-refractivity contribution in [2.24, 2.45) is 0 Å². The van der Waals surface area contributed by atoms with E-state index in [9.17, 15) is 61.9 Å². The van der Waals surface area contributed by atoms with E-state index in [1.807, 2.05) is 0 Å². The Morgan fingerprint density at radius 3 is 1.17 bits per heavy atom. The van der Waals surface area contributed by atoms with E-state index in [-0.39, 0.29) is 0 Å². The maximum absolute atomic E-state index is 13.6. The number of carboxylic acid groups (broad SMARTS) is 1. The minimum absolute atomic E-state index is 1.58. The van der Waals surface area contributed by atoms with Gasteiger partial charge in [-0.3, -0.25) is 0 Å². The van der Waals surface area contributed by atoms with E-state index in [1.54, 1.807) is 6.58 Å². The number of hydrogen-bond donors (Lipinski definition) is 1. The second-order valence-corrected chi connectivity index (χ2v) is 4.16. The molecule has 1 unspecified atom stereocenters. The van der Waals surface area contributed by atoms with Gasteiger partial charge in [-0.25, -0.2) is 9.18 Å². The fraction of sp³-hybridized carbons (Fsp3) is 0.667. The number of rotatable bonds is 5. The number of aliphatic carboxylic acids is 1. The highest BCUT2D eigenvalue weighted by Crippen LogP contribution is 2.61. The Bertz CT molecular complexity index is 529. The first kappa shape index (κ1) is 22.3. The standard InChI is InChI=1S/C9H3F13O2/c1-2(3(23)24)4(10,8(17,18)19)5(11,12)6(13,14)7(15,16)9(20,21)22/h1H2,(H,23,24). The lowest BCUT2D eigenvalue weighted by atomic mass is 9.83. The number of alkyl halides is 13. The van der Waals surface area contributed by atoms with Crippen molar-refractivity contribution in [3.63, 3.8) is 0 Å². The molecule has 0 amide bonds. The van der Waals surface area contributed by atoms with Gasteiger partial charge in [-0.05, 0) is 0 Å². The van der Waals surface area contributed by atoms with Gasteiger partial charge in [0.25, 0.3) is 0 Å². The summed E-state index contributed by atoms with van der Waals surface area (Å²) in [5.41, 5.74) is -10.6. The Balaban J connectivity index is 6.73. The van der Waals surface area contributed by atoms with E-state index >= 15 is 0 Å². The minimum atomic E-state index is -8.03. The fourth-order valence-electron chi connectivity index (χ4n) is 1.28. The first-order valence-electron chi connectivity index (χ1n) is 4.99. The Morgan fingerprint density at radius 2 is 0.958 bits per heavy atom. The zero-order valence-electron chi connectivity index (χ0n) is 10.5. The molecular formula is C9H3F13O2. The largest absolute Gasteiger partial charge is 0.478 e. The molecule has 0 aliphatic carbocycles. The molecule has 0 fully saturated rings. The van der Waals surface area contributed by atoms with Crippen LogP contribution in [-0.4, -0.2) is 46.9 Å². The molecule has 24 heavy (non-hydrogen) atoms. The van der Waals surface area contributed by atoms with Crippen LogP contribution in [-0.2, 0) is 4.79 Å². The normalized spacial score (nSPS) is 17.4. The van der Waals surface area contributed by atoms with E-state index in [4.69, 9.17) is 5.11 Å². The van der Waals surface area contributed by atoms with Gasteiger partial charge in [0.1, 0.15) is 0 Å². The van der Waals surface area contributed by atoms with Crippen molar-refractivity contribution in [2.75, 3.05) is 0 Å². The maximum Gasteiger partial charge on any atom is 0.460 e. The van der Waals surface area contributed by atoms with Gasteiger partial charge in [0.15, 0.2) is 0 Å². The Labute approximate surface area is 122 Å². The highest BCUT2D eigenvalue weighted by Gasteiger charge is 2.91. The monoisotopic (exact) mass is 390 g/mol. The number of halogens is 13. The molecule has 0 aromatic carbocycles. The zero-order chi connectivity index (χ0) is 20.2. The van der Waals surface area contributed by atoms with Crippen LogP contribution in [0.4, 0.5) is 57.1 Å². The molecule has 0 heterocycles. The minimum Gasteiger partial charge on any atom is -0.478 e. The summed E-state index contributed by atoms with van der Waals surface area (Å²) in [5, 5.41) is 8.05. The third-order valence-corrected chi connectivity index (χ3v) is 2.64. The Hall–Kier alpha value is -1.70. The number of carbonyl (C=O) groups is 1. The van der Waals surface area contributed by atoms with Crippen LogP contribution in [0.1, 0.15) is 0 Å². The summed E-state index contributed by atoms with van der Waals surface area (Å²) in [6.07, 6.45) is -14.9. The third-order valence-electron chi connectivity index (χ3n) is 2.64. The fourth-order valence-corrected chi connectivity index (χ4v) is 1.28. The van der Waals surface area contributed by atoms with E-state index < -0.39 is 47.3 Å². The summed E-state index contributed by atoms with van der Waals surface area (Å²) in [5.74, 6) is -27.1. The Kier molecular flexibility index (Phi) is 5.02. The molecule has 142 valence electrons. The van der Waals surface area contributed by atoms with E-state index in [0.717, 1.165) is 0 Å². The summed E-state index contributed by atoms with van der Waals surface area (Å²) in [6.45, 7) is 1.58. The van der Waals surface area contributed by atoms with Gasteiger partial charge < -0.3 is 5.11 Å². The molecule has 0 saturated carbocycles. The molecule has 0 aromatic heterocycles. The first-order valence-corrected chi connectivity index (χ1v) is 4.99. The van der Waals surface area contributed by atoms with Crippen molar-refractivity contribution in [3.8, 4) is 0 Å². The van der Waals surface area contributed by atoms with Crippen LogP contribution >= 0.6 is 0 Å². The zero-order valence-corrected chi connectivity index (χ0v) is 10.5. The lowest BCUT2D eigenvalue weighted by molar-refractivity contribution is -0.426. The van der Waals surface area contributed by atoms with Gasteiger partial charge in [-0.2, -0.15) is 52.7 Å². The Morgan fingerprint density at radius 1 is 0.625 bits per heavy atom. The first-order chi connectivity index (χ1) is 10.1. The van der Waals surface area contributed by atoms with Crippen LogP contribution in [0.3, 0.4) is 0 Å². The van der Waals surface area contributed by atoms with Gasteiger partial charge in [0, 0.05) is 0 Å². The molecule has 0 aliphatic rings. The van der Waals surface area contributed by atoms with Crippen molar-refractivity contribution in [1.29, 1.82) is 0 Å². The lowest BCUT2D eigenvalue weighted by Gasteiger charge is -2.41. The van der Waals surface area contributed by atoms with Gasteiger partial charge in [0.05, 0.1) is 5.57 Å². The molecule has 1 N–H and O–H groups in total.